The van der Waals surface area contributed by atoms with Crippen molar-refractivity contribution in [3.8, 4) is 0 Å². The quantitative estimate of drug-likeness (QED) is 0.790. The Bertz CT molecular complexity index is 848. The lowest BCUT2D eigenvalue weighted by atomic mass is 10.1. The van der Waals surface area contributed by atoms with Gasteiger partial charge in [0.05, 0.1) is 0 Å². The van der Waals surface area contributed by atoms with E-state index in [1.54, 1.807) is 19.1 Å². The van der Waals surface area contributed by atoms with E-state index in [1.165, 1.54) is 18.2 Å². The summed E-state index contributed by atoms with van der Waals surface area (Å²) >= 11 is 0. The van der Waals surface area contributed by atoms with E-state index in [0.29, 0.717) is 30.0 Å². The van der Waals surface area contributed by atoms with Gasteiger partial charge in [0.1, 0.15) is 28.8 Å². The number of hydrogen-bond donors (Lipinski definition) is 1. The number of nitrogens with zero attached hydrogens (tertiary/aromatic N) is 2. The topological polar surface area (TPSA) is 37.8 Å². The second kappa shape index (κ2) is 6.24. The van der Waals surface area contributed by atoms with Crippen molar-refractivity contribution in [2.75, 3.05) is 11.9 Å². The van der Waals surface area contributed by atoms with Gasteiger partial charge < -0.3 is 5.32 Å². The van der Waals surface area contributed by atoms with Crippen LogP contribution in [0.5, 0.6) is 0 Å². The molecule has 0 aliphatic heterocycles. The summed E-state index contributed by atoms with van der Waals surface area (Å²) in [6.45, 7) is 2.14. The number of fused-ring (bicyclic) bond motifs is 1. The second-order valence-corrected chi connectivity index (χ2v) is 5.21. The molecular formula is C17H14F3N3. The minimum absolute atomic E-state index is 0.0863. The average Bonchev–Trinajstić information content (AvgIpc) is 2.50. The zero-order valence-electron chi connectivity index (χ0n) is 12.4. The van der Waals surface area contributed by atoms with Gasteiger partial charge in [-0.2, -0.15) is 0 Å². The van der Waals surface area contributed by atoms with E-state index in [1.807, 2.05) is 0 Å². The Morgan fingerprint density at radius 3 is 2.43 bits per heavy atom. The van der Waals surface area contributed by atoms with Crippen LogP contribution in [0, 0.1) is 24.4 Å². The van der Waals surface area contributed by atoms with Crippen LogP contribution in [-0.2, 0) is 6.42 Å². The van der Waals surface area contributed by atoms with Crippen molar-refractivity contribution >= 4 is 16.7 Å². The Hall–Kier alpha value is -2.63. The van der Waals surface area contributed by atoms with E-state index in [0.717, 1.165) is 11.6 Å². The van der Waals surface area contributed by atoms with Crippen molar-refractivity contribution in [3.05, 3.63) is 65.2 Å². The summed E-state index contributed by atoms with van der Waals surface area (Å²) in [6.07, 6.45) is 0.628. The first-order chi connectivity index (χ1) is 11.0. The molecule has 0 unspecified atom stereocenters. The summed E-state index contributed by atoms with van der Waals surface area (Å²) in [5, 5.41) is 3.37. The second-order valence-electron chi connectivity index (χ2n) is 5.21. The third-order valence-electron chi connectivity index (χ3n) is 3.45. The maximum Gasteiger partial charge on any atom is 0.152 e. The van der Waals surface area contributed by atoms with Crippen LogP contribution >= 0.6 is 0 Å². The fourth-order valence-electron chi connectivity index (χ4n) is 2.38. The van der Waals surface area contributed by atoms with Gasteiger partial charge in [-0.05, 0) is 37.1 Å². The maximum atomic E-state index is 13.8. The number of aromatic nitrogens is 2. The van der Waals surface area contributed by atoms with Crippen molar-refractivity contribution in [2.24, 2.45) is 0 Å². The molecule has 0 bridgehead atoms. The number of rotatable bonds is 4. The van der Waals surface area contributed by atoms with Crippen LogP contribution in [0.3, 0.4) is 0 Å². The first-order valence-corrected chi connectivity index (χ1v) is 7.14. The van der Waals surface area contributed by atoms with Gasteiger partial charge >= 0.3 is 0 Å². The molecular weight excluding hydrogens is 303 g/mol. The molecule has 23 heavy (non-hydrogen) atoms. The zero-order valence-corrected chi connectivity index (χ0v) is 12.4. The van der Waals surface area contributed by atoms with E-state index in [4.69, 9.17) is 0 Å². The molecule has 0 saturated carbocycles. The predicted octanol–water partition coefficient (Wildman–Crippen LogP) is 4.01. The molecule has 0 radical (unpaired) electrons. The van der Waals surface area contributed by atoms with Crippen LogP contribution in [0.25, 0.3) is 10.9 Å². The average molecular weight is 317 g/mol. The Balaban J connectivity index is 1.83. The van der Waals surface area contributed by atoms with Crippen LogP contribution in [0.4, 0.5) is 19.0 Å². The van der Waals surface area contributed by atoms with Gasteiger partial charge in [0, 0.05) is 18.0 Å². The normalized spacial score (nSPS) is 11.0. The third-order valence-corrected chi connectivity index (χ3v) is 3.45. The summed E-state index contributed by atoms with van der Waals surface area (Å²) in [6, 6.07) is 8.18. The van der Waals surface area contributed by atoms with E-state index in [-0.39, 0.29) is 11.3 Å². The third kappa shape index (κ3) is 3.41. The van der Waals surface area contributed by atoms with Crippen LogP contribution in [0.15, 0.2) is 36.4 Å². The molecule has 1 N–H and O–H groups in total. The predicted molar refractivity (Wildman–Crippen MR) is 82.8 cm³/mol. The summed E-state index contributed by atoms with van der Waals surface area (Å²) in [7, 11) is 0. The molecule has 0 saturated heterocycles. The van der Waals surface area contributed by atoms with Crippen LogP contribution in [0.1, 0.15) is 11.4 Å². The fourth-order valence-corrected chi connectivity index (χ4v) is 2.38. The first-order valence-electron chi connectivity index (χ1n) is 7.14. The number of benzene rings is 2. The Morgan fingerprint density at radius 1 is 0.957 bits per heavy atom. The number of halogens is 3. The number of nitrogens with one attached hydrogen (secondary N) is 1. The van der Waals surface area contributed by atoms with Gasteiger partial charge in [0.25, 0.3) is 0 Å². The lowest BCUT2D eigenvalue weighted by molar-refractivity contribution is 0.590. The first kappa shape index (κ1) is 15.3. The molecule has 0 aliphatic rings. The number of anilines is 1. The zero-order chi connectivity index (χ0) is 16.4. The molecule has 0 spiro atoms. The van der Waals surface area contributed by atoms with Crippen LogP contribution < -0.4 is 5.32 Å². The van der Waals surface area contributed by atoms with Gasteiger partial charge in [-0.25, -0.2) is 23.1 Å². The van der Waals surface area contributed by atoms with Crippen molar-refractivity contribution in [1.82, 2.24) is 9.97 Å². The Morgan fingerprint density at radius 2 is 1.70 bits per heavy atom. The molecule has 0 aliphatic carbocycles. The lowest BCUT2D eigenvalue weighted by Crippen LogP contribution is -2.08. The molecule has 0 atom stereocenters. The summed E-state index contributed by atoms with van der Waals surface area (Å²) < 4.78 is 40.1. The van der Waals surface area contributed by atoms with Crippen molar-refractivity contribution < 1.29 is 13.2 Å². The van der Waals surface area contributed by atoms with Gasteiger partial charge in [-0.15, -0.1) is 0 Å². The fraction of sp³-hybridized carbons (Fsp3) is 0.176. The van der Waals surface area contributed by atoms with Gasteiger partial charge in [-0.1, -0.05) is 12.1 Å². The highest BCUT2D eigenvalue weighted by atomic mass is 19.1. The highest BCUT2D eigenvalue weighted by molar-refractivity contribution is 5.89. The molecule has 118 valence electrons. The van der Waals surface area contributed by atoms with E-state index in [9.17, 15) is 13.2 Å². The Kier molecular flexibility index (Phi) is 4.14. The number of aryl methyl sites for hydroxylation is 1. The molecule has 0 fully saturated rings. The van der Waals surface area contributed by atoms with Crippen molar-refractivity contribution in [1.29, 1.82) is 0 Å². The molecule has 3 rings (SSSR count). The number of hydrogen-bond acceptors (Lipinski definition) is 3. The highest BCUT2D eigenvalue weighted by Gasteiger charge is 2.11. The SMILES string of the molecule is Cc1nc(NCCc2ccc(F)cc2)c2cc(F)cc(F)c2n1. The standard InChI is InChI=1S/C17H14F3N3/c1-10-22-16-14(8-13(19)9-15(16)20)17(23-10)21-7-6-11-2-4-12(18)5-3-11/h2-5,8-9H,6-7H2,1H3,(H,21,22,23). The minimum atomic E-state index is -0.716. The summed E-state index contributed by atoms with van der Waals surface area (Å²) in [4.78, 5) is 8.23. The molecule has 0 amide bonds. The summed E-state index contributed by atoms with van der Waals surface area (Å²) in [5.41, 5.74) is 1.04. The van der Waals surface area contributed by atoms with Gasteiger partial charge in [0.15, 0.2) is 5.82 Å². The summed E-state index contributed by atoms with van der Waals surface area (Å²) in [5.74, 6) is -0.901. The Labute approximate surface area is 131 Å². The van der Waals surface area contributed by atoms with E-state index >= 15 is 0 Å². The molecule has 1 aromatic heterocycles. The minimum Gasteiger partial charge on any atom is -0.369 e. The smallest absolute Gasteiger partial charge is 0.152 e. The van der Waals surface area contributed by atoms with Crippen molar-refractivity contribution in [2.45, 2.75) is 13.3 Å². The molecule has 3 nitrogen and oxygen atoms in total. The van der Waals surface area contributed by atoms with Crippen LogP contribution in [-0.4, -0.2) is 16.5 Å². The van der Waals surface area contributed by atoms with Gasteiger partial charge in [-0.3, -0.25) is 0 Å². The van der Waals surface area contributed by atoms with Crippen LogP contribution in [0.2, 0.25) is 0 Å². The largest absolute Gasteiger partial charge is 0.369 e. The van der Waals surface area contributed by atoms with Gasteiger partial charge in [0.2, 0.25) is 0 Å². The molecule has 2 aromatic carbocycles. The molecule has 1 heterocycles. The molecule has 3 aromatic rings. The molecule has 6 heteroatoms. The lowest BCUT2D eigenvalue weighted by Gasteiger charge is -2.10. The monoisotopic (exact) mass is 317 g/mol. The highest BCUT2D eigenvalue weighted by Crippen LogP contribution is 2.24. The van der Waals surface area contributed by atoms with E-state index < -0.39 is 11.6 Å². The van der Waals surface area contributed by atoms with Crippen molar-refractivity contribution in [3.63, 3.8) is 0 Å². The maximum absolute atomic E-state index is 13.8. The van der Waals surface area contributed by atoms with E-state index in [2.05, 4.69) is 15.3 Å².